The predicted molar refractivity (Wildman–Crippen MR) is 144 cm³/mol. The normalized spacial score (nSPS) is 17.3. The highest BCUT2D eigenvalue weighted by atomic mass is 19.4. The van der Waals surface area contributed by atoms with E-state index in [0.29, 0.717) is 49.1 Å². The SMILES string of the molecule is COC(=O)CC1c2cccc(OC)c2N=C(N2CCN(c3ccc(F)cc3)CC2)N1c1cccc(C(F)(F)F)c1. The third kappa shape index (κ3) is 5.41. The summed E-state index contributed by atoms with van der Waals surface area (Å²) in [6.45, 7) is 2.12. The third-order valence-electron chi connectivity index (χ3n) is 7.14. The van der Waals surface area contributed by atoms with Crippen LogP contribution in [0.3, 0.4) is 0 Å². The predicted octanol–water partition coefficient (Wildman–Crippen LogP) is 5.79. The van der Waals surface area contributed by atoms with E-state index in [2.05, 4.69) is 4.90 Å². The number of carbonyl (C=O) groups excluding carboxylic acids is 1. The van der Waals surface area contributed by atoms with Crippen molar-refractivity contribution in [3.8, 4) is 5.75 Å². The largest absolute Gasteiger partial charge is 0.494 e. The maximum Gasteiger partial charge on any atom is 0.416 e. The Balaban J connectivity index is 1.58. The minimum atomic E-state index is -4.55. The monoisotopic (exact) mass is 556 g/mol. The van der Waals surface area contributed by atoms with Crippen LogP contribution in [-0.2, 0) is 15.7 Å². The van der Waals surface area contributed by atoms with Crippen LogP contribution < -0.4 is 14.5 Å². The molecule has 210 valence electrons. The van der Waals surface area contributed by atoms with Gasteiger partial charge in [0.2, 0.25) is 5.96 Å². The number of carbonyl (C=O) groups is 1. The molecular weight excluding hydrogens is 528 g/mol. The van der Waals surface area contributed by atoms with E-state index in [1.54, 1.807) is 41.3 Å². The summed E-state index contributed by atoms with van der Waals surface area (Å²) in [6, 6.07) is 15.8. The van der Waals surface area contributed by atoms with Gasteiger partial charge in [-0.15, -0.1) is 0 Å². The van der Waals surface area contributed by atoms with Crippen molar-refractivity contribution in [1.29, 1.82) is 0 Å². The first-order chi connectivity index (χ1) is 19.2. The van der Waals surface area contributed by atoms with E-state index in [1.165, 1.54) is 32.4 Å². The molecule has 0 aliphatic carbocycles. The zero-order valence-corrected chi connectivity index (χ0v) is 22.0. The summed E-state index contributed by atoms with van der Waals surface area (Å²) in [7, 11) is 2.79. The van der Waals surface area contributed by atoms with E-state index in [1.807, 2.05) is 4.90 Å². The molecule has 3 aromatic rings. The first-order valence-corrected chi connectivity index (χ1v) is 12.7. The van der Waals surface area contributed by atoms with E-state index >= 15 is 0 Å². The number of alkyl halides is 3. The molecule has 1 fully saturated rings. The Morgan fingerprint density at radius 2 is 1.60 bits per heavy atom. The molecule has 1 saturated heterocycles. The molecule has 0 amide bonds. The van der Waals surface area contributed by atoms with Crippen molar-refractivity contribution >= 4 is 29.0 Å². The van der Waals surface area contributed by atoms with Gasteiger partial charge in [-0.25, -0.2) is 9.38 Å². The maximum absolute atomic E-state index is 13.7. The lowest BCUT2D eigenvalue weighted by Gasteiger charge is -2.45. The van der Waals surface area contributed by atoms with Crippen LogP contribution in [-0.4, -0.2) is 57.2 Å². The Hall–Kier alpha value is -4.28. The van der Waals surface area contributed by atoms with E-state index < -0.39 is 23.8 Å². The van der Waals surface area contributed by atoms with Crippen LogP contribution in [0, 0.1) is 5.82 Å². The van der Waals surface area contributed by atoms with Crippen LogP contribution >= 0.6 is 0 Å². The van der Waals surface area contributed by atoms with E-state index in [-0.39, 0.29) is 17.9 Å². The quantitative estimate of drug-likeness (QED) is 0.293. The first kappa shape index (κ1) is 27.3. The maximum atomic E-state index is 13.7. The highest BCUT2D eigenvalue weighted by Crippen LogP contribution is 2.45. The third-order valence-corrected chi connectivity index (χ3v) is 7.14. The van der Waals surface area contributed by atoms with Crippen molar-refractivity contribution in [2.75, 3.05) is 50.2 Å². The summed E-state index contributed by atoms with van der Waals surface area (Å²) in [5.41, 5.74) is 1.46. The molecule has 5 rings (SSSR count). The molecule has 3 aromatic carbocycles. The molecular formula is C29H28F4N4O3. The number of esters is 1. The lowest BCUT2D eigenvalue weighted by atomic mass is 9.96. The number of methoxy groups -OCH3 is 2. The lowest BCUT2D eigenvalue weighted by Crippen LogP contribution is -2.55. The molecule has 2 heterocycles. The van der Waals surface area contributed by atoms with Crippen molar-refractivity contribution in [3.63, 3.8) is 0 Å². The molecule has 11 heteroatoms. The summed E-state index contributed by atoms with van der Waals surface area (Å²) in [4.78, 5) is 23.3. The van der Waals surface area contributed by atoms with Gasteiger partial charge in [0, 0.05) is 43.1 Å². The molecule has 0 spiro atoms. The van der Waals surface area contributed by atoms with Gasteiger partial charge in [0.15, 0.2) is 0 Å². The van der Waals surface area contributed by atoms with Crippen LogP contribution in [0.5, 0.6) is 5.75 Å². The minimum absolute atomic E-state index is 0.124. The number of benzene rings is 3. The summed E-state index contributed by atoms with van der Waals surface area (Å²) in [6.07, 6.45) is -4.68. The van der Waals surface area contributed by atoms with Crippen molar-refractivity contribution in [3.05, 3.63) is 83.7 Å². The van der Waals surface area contributed by atoms with Crippen molar-refractivity contribution in [2.45, 2.75) is 18.6 Å². The Morgan fingerprint density at radius 1 is 0.925 bits per heavy atom. The molecule has 1 unspecified atom stereocenters. The van der Waals surface area contributed by atoms with Crippen LogP contribution in [0.25, 0.3) is 0 Å². The molecule has 1 atom stereocenters. The number of hydrogen-bond donors (Lipinski definition) is 0. The fourth-order valence-electron chi connectivity index (χ4n) is 5.13. The number of fused-ring (bicyclic) bond motifs is 1. The number of aliphatic imine (C=N–C) groups is 1. The topological polar surface area (TPSA) is 57.6 Å². The summed E-state index contributed by atoms with van der Waals surface area (Å²) >= 11 is 0. The van der Waals surface area contributed by atoms with Crippen LogP contribution in [0.2, 0.25) is 0 Å². The Bertz CT molecular complexity index is 1400. The molecule has 2 aliphatic rings. The van der Waals surface area contributed by atoms with Crippen LogP contribution in [0.4, 0.5) is 34.6 Å². The number of nitrogens with zero attached hydrogens (tertiary/aromatic N) is 4. The van der Waals surface area contributed by atoms with Crippen molar-refractivity contribution in [2.24, 2.45) is 4.99 Å². The van der Waals surface area contributed by atoms with Gasteiger partial charge >= 0.3 is 12.1 Å². The number of ether oxygens (including phenoxy) is 2. The average Bonchev–Trinajstić information content (AvgIpc) is 2.96. The van der Waals surface area contributed by atoms with Crippen LogP contribution in [0.1, 0.15) is 23.6 Å². The molecule has 2 aliphatic heterocycles. The number of anilines is 2. The Kier molecular flexibility index (Phi) is 7.55. The van der Waals surface area contributed by atoms with Gasteiger partial charge in [0.25, 0.3) is 0 Å². The van der Waals surface area contributed by atoms with Gasteiger partial charge in [0.05, 0.1) is 32.2 Å². The standard InChI is InChI=1S/C29H28F4N4O3/c1-39-25-8-4-7-23-24(18-26(38)40-2)37(22-6-3-5-19(17-22)29(31,32)33)28(34-27(23)25)36-15-13-35(14-16-36)21-11-9-20(30)10-12-21/h3-12,17,24H,13-16,18H2,1-2H3. The van der Waals surface area contributed by atoms with E-state index in [4.69, 9.17) is 14.5 Å². The number of piperazine rings is 1. The smallest absolute Gasteiger partial charge is 0.416 e. The summed E-state index contributed by atoms with van der Waals surface area (Å²) in [5, 5.41) is 0. The molecule has 0 bridgehead atoms. The fourth-order valence-corrected chi connectivity index (χ4v) is 5.13. The van der Waals surface area contributed by atoms with E-state index in [0.717, 1.165) is 17.8 Å². The zero-order valence-electron chi connectivity index (χ0n) is 22.0. The zero-order chi connectivity index (χ0) is 28.4. The summed E-state index contributed by atoms with van der Waals surface area (Å²) in [5.74, 6) is 0.0561. The van der Waals surface area contributed by atoms with Gasteiger partial charge < -0.3 is 24.2 Å². The molecule has 0 saturated carbocycles. The second-order valence-electron chi connectivity index (χ2n) is 9.47. The minimum Gasteiger partial charge on any atom is -0.494 e. The van der Waals surface area contributed by atoms with Crippen molar-refractivity contribution in [1.82, 2.24) is 4.90 Å². The van der Waals surface area contributed by atoms with Gasteiger partial charge in [-0.3, -0.25) is 4.79 Å². The number of guanidine groups is 1. The number of halogens is 4. The number of rotatable bonds is 5. The second-order valence-corrected chi connectivity index (χ2v) is 9.47. The Labute approximate surface area is 229 Å². The van der Waals surface area contributed by atoms with Gasteiger partial charge in [-0.2, -0.15) is 13.2 Å². The van der Waals surface area contributed by atoms with E-state index in [9.17, 15) is 22.4 Å². The van der Waals surface area contributed by atoms with Gasteiger partial charge in [0.1, 0.15) is 17.3 Å². The highest BCUT2D eigenvalue weighted by molar-refractivity contribution is 6.02. The van der Waals surface area contributed by atoms with Crippen LogP contribution in [0.15, 0.2) is 71.7 Å². The Morgan fingerprint density at radius 3 is 2.25 bits per heavy atom. The summed E-state index contributed by atoms with van der Waals surface area (Å²) < 4.78 is 65.2. The molecule has 0 N–H and O–H groups in total. The second kappa shape index (κ2) is 11.1. The van der Waals surface area contributed by atoms with Gasteiger partial charge in [-0.1, -0.05) is 18.2 Å². The lowest BCUT2D eigenvalue weighted by molar-refractivity contribution is -0.141. The fraction of sp³-hybridized carbons (Fsp3) is 0.310. The molecule has 7 nitrogen and oxygen atoms in total. The number of para-hydroxylation sites is 1. The molecule has 40 heavy (non-hydrogen) atoms. The molecule has 0 radical (unpaired) electrons. The van der Waals surface area contributed by atoms with Crippen molar-refractivity contribution < 1.29 is 31.8 Å². The highest BCUT2D eigenvalue weighted by Gasteiger charge is 2.39. The molecule has 0 aromatic heterocycles. The first-order valence-electron chi connectivity index (χ1n) is 12.7. The average molecular weight is 557 g/mol. The number of hydrogen-bond acceptors (Lipinski definition) is 7. The van der Waals surface area contributed by atoms with Gasteiger partial charge in [-0.05, 0) is 48.5 Å².